The number of nitrogens with zero attached hydrogens (tertiary/aromatic N) is 2. The van der Waals surface area contributed by atoms with Crippen molar-refractivity contribution in [2.45, 2.75) is 190 Å². The van der Waals surface area contributed by atoms with Gasteiger partial charge < -0.3 is 73.2 Å². The maximum absolute atomic E-state index is 13.1. The molecular weight excluding hydrogens is 768 g/mol. The van der Waals surface area contributed by atoms with Crippen LogP contribution in [0.25, 0.3) is 0 Å². The molecule has 0 aromatic rings. The normalized spacial score (nSPS) is 45.9. The molecule has 342 valence electrons. The number of hydrogen-bond donors (Lipinski definition) is 5. The number of aliphatic hydroxyl groups is 5. The molecule has 4 heterocycles. The largest absolute Gasteiger partial charge is 0.462 e. The maximum atomic E-state index is 13.1. The molecule has 16 nitrogen and oxygen atoms in total. The van der Waals surface area contributed by atoms with Crippen LogP contribution in [0, 0.1) is 11.8 Å². The van der Waals surface area contributed by atoms with Crippen molar-refractivity contribution in [3.63, 3.8) is 0 Å². The van der Waals surface area contributed by atoms with E-state index in [4.69, 9.17) is 37.9 Å². The van der Waals surface area contributed by atoms with E-state index in [1.807, 2.05) is 38.4 Å². The van der Waals surface area contributed by atoms with Crippen LogP contribution >= 0.6 is 0 Å². The molecule has 0 aromatic carbocycles. The fraction of sp³-hybridized carbons (Fsp3) is 0.884. The maximum Gasteiger partial charge on any atom is 0.308 e. The Kier molecular flexibility index (Phi) is 19.2. The van der Waals surface area contributed by atoms with Crippen molar-refractivity contribution in [3.8, 4) is 0 Å². The van der Waals surface area contributed by atoms with Gasteiger partial charge in [-0.1, -0.05) is 31.2 Å². The summed E-state index contributed by atoms with van der Waals surface area (Å²) in [5, 5.41) is 55.6. The summed E-state index contributed by atoms with van der Waals surface area (Å²) in [6.07, 6.45) is -1.53. The summed E-state index contributed by atoms with van der Waals surface area (Å²) in [5.41, 5.74) is -1.46. The van der Waals surface area contributed by atoms with Gasteiger partial charge in [0.25, 0.3) is 0 Å². The average Bonchev–Trinajstić information content (AvgIpc) is 3.13. The molecule has 0 unspecified atom stereocenters. The smallest absolute Gasteiger partial charge is 0.308 e. The molecule has 3 saturated heterocycles. The summed E-state index contributed by atoms with van der Waals surface area (Å²) >= 11 is 0. The van der Waals surface area contributed by atoms with Crippen molar-refractivity contribution < 1.29 is 68.2 Å². The molecule has 0 amide bonds. The number of likely N-dealkylation sites (N-methyl/N-ethyl adjacent to an activating group) is 2. The van der Waals surface area contributed by atoms with Crippen molar-refractivity contribution in [1.29, 1.82) is 0 Å². The SMILES string of the molecule is CO[C@@H]1[C@@H](O[C@@H]2O[C@H](C)[C@@H](O[C@H]3C[C@@](C)(O)[C@@H](O)[C@H](C)O3)[C@H](N(C)C)[C@H]2O)[C@@H](CCO)C[C@@H](C)[C@@H](O[C@H]2CC[C@H](N(C)C)[C@@H](C)O2)/C=C/C=C/C[C@@H](C)OC(=O)C[C@H]1O. The molecule has 4 aliphatic rings. The van der Waals surface area contributed by atoms with Crippen LogP contribution < -0.4 is 0 Å². The van der Waals surface area contributed by atoms with Crippen LogP contribution in [-0.2, 0) is 42.7 Å². The first-order valence-corrected chi connectivity index (χ1v) is 21.5. The van der Waals surface area contributed by atoms with Crippen LogP contribution in [0.3, 0.4) is 0 Å². The van der Waals surface area contributed by atoms with Crippen molar-refractivity contribution in [2.75, 3.05) is 41.9 Å². The quantitative estimate of drug-likeness (QED) is 0.190. The minimum atomic E-state index is -1.46. The van der Waals surface area contributed by atoms with Crippen LogP contribution in [0.2, 0.25) is 0 Å². The van der Waals surface area contributed by atoms with E-state index in [2.05, 4.69) is 18.7 Å². The third-order valence-corrected chi connectivity index (χ3v) is 12.5. The molecule has 3 fully saturated rings. The van der Waals surface area contributed by atoms with E-state index in [1.54, 1.807) is 39.8 Å². The van der Waals surface area contributed by atoms with Gasteiger partial charge in [0, 0.05) is 32.6 Å². The molecule has 4 rings (SSSR count). The molecular formula is C43H76N2O14. The molecule has 5 N–H and O–H groups in total. The summed E-state index contributed by atoms with van der Waals surface area (Å²) in [7, 11) is 9.10. The van der Waals surface area contributed by atoms with Crippen LogP contribution in [0.5, 0.6) is 0 Å². The Morgan fingerprint density at radius 2 is 1.54 bits per heavy atom. The molecule has 0 bridgehead atoms. The lowest BCUT2D eigenvalue weighted by atomic mass is 9.82. The number of carbonyl (C=O) groups is 1. The summed E-state index contributed by atoms with van der Waals surface area (Å²) in [6.45, 7) is 10.6. The summed E-state index contributed by atoms with van der Waals surface area (Å²) < 4.78 is 50.2. The molecule has 16 heteroatoms. The lowest BCUT2D eigenvalue weighted by molar-refractivity contribution is -0.344. The van der Waals surface area contributed by atoms with E-state index >= 15 is 0 Å². The topological polar surface area (TPSA) is 199 Å². The number of aliphatic hydroxyl groups excluding tert-OH is 4. The first kappa shape index (κ1) is 50.0. The Morgan fingerprint density at radius 3 is 2.15 bits per heavy atom. The Balaban J connectivity index is 1.66. The van der Waals surface area contributed by atoms with Gasteiger partial charge in [0.05, 0.1) is 54.7 Å². The first-order valence-electron chi connectivity index (χ1n) is 21.5. The Bertz CT molecular complexity index is 1330. The zero-order valence-corrected chi connectivity index (χ0v) is 37.2. The van der Waals surface area contributed by atoms with E-state index < -0.39 is 103 Å². The number of allylic oxidation sites excluding steroid dienone is 2. The number of hydrogen-bond acceptors (Lipinski definition) is 16. The van der Waals surface area contributed by atoms with Gasteiger partial charge in [-0.25, -0.2) is 0 Å². The lowest BCUT2D eigenvalue weighted by Gasteiger charge is -2.50. The van der Waals surface area contributed by atoms with E-state index in [9.17, 15) is 30.3 Å². The lowest BCUT2D eigenvalue weighted by Crippen LogP contribution is -2.65. The molecule has 0 saturated carbocycles. The van der Waals surface area contributed by atoms with Crippen LogP contribution in [0.1, 0.15) is 86.5 Å². The Labute approximate surface area is 351 Å². The van der Waals surface area contributed by atoms with E-state index in [1.165, 1.54) is 14.0 Å². The predicted molar refractivity (Wildman–Crippen MR) is 218 cm³/mol. The number of methoxy groups -OCH3 is 1. The van der Waals surface area contributed by atoms with Gasteiger partial charge in [-0.3, -0.25) is 4.79 Å². The van der Waals surface area contributed by atoms with Gasteiger partial charge in [-0.05, 0) is 100 Å². The van der Waals surface area contributed by atoms with Gasteiger partial charge >= 0.3 is 5.97 Å². The summed E-state index contributed by atoms with van der Waals surface area (Å²) in [4.78, 5) is 17.1. The molecule has 0 spiro atoms. The fourth-order valence-electron chi connectivity index (χ4n) is 9.19. The number of cyclic esters (lactones) is 1. The fourth-order valence-corrected chi connectivity index (χ4v) is 9.19. The zero-order chi connectivity index (χ0) is 43.8. The highest BCUT2D eigenvalue weighted by Crippen LogP contribution is 2.37. The van der Waals surface area contributed by atoms with Gasteiger partial charge in [0.15, 0.2) is 18.9 Å². The standard InChI is InChI=1S/C43H76N2O14/c1-24-21-29(19-20-46)39(59-42-37(49)36(45(9)10)38(27(4)56-42)58-35-23-43(6,51)41(50)28(5)55-35)40(52-11)31(47)22-33(48)53-25(2)15-13-12-14-16-32(24)57-34-18-17-30(44(7)8)26(3)54-34/h12-14,16,24-32,34-42,46-47,49-51H,15,17-23H2,1-11H3/b13-12+,16-14+/t24-,25-,26-,27-,28+,29+,30+,31-,32+,34+,35+,36-,37-,38-,39+,40+,41+,42+,43-/m1/s1. The van der Waals surface area contributed by atoms with Crippen molar-refractivity contribution >= 4 is 5.97 Å². The molecule has 19 atom stereocenters. The van der Waals surface area contributed by atoms with Gasteiger partial charge in [-0.15, -0.1) is 0 Å². The second kappa shape index (κ2) is 22.7. The van der Waals surface area contributed by atoms with E-state index in [-0.39, 0.29) is 43.9 Å². The molecule has 0 radical (unpaired) electrons. The molecule has 0 aromatic heterocycles. The first-order chi connectivity index (χ1) is 27.8. The van der Waals surface area contributed by atoms with E-state index in [0.29, 0.717) is 19.3 Å². The summed E-state index contributed by atoms with van der Waals surface area (Å²) in [5.74, 6) is -1.28. The summed E-state index contributed by atoms with van der Waals surface area (Å²) in [6, 6.07) is -0.434. The molecule has 0 aliphatic carbocycles. The van der Waals surface area contributed by atoms with Gasteiger partial charge in [0.2, 0.25) is 0 Å². The molecule has 59 heavy (non-hydrogen) atoms. The minimum absolute atomic E-state index is 0.00565. The van der Waals surface area contributed by atoms with Crippen molar-refractivity contribution in [2.24, 2.45) is 11.8 Å². The highest BCUT2D eigenvalue weighted by Gasteiger charge is 2.52. The van der Waals surface area contributed by atoms with E-state index in [0.717, 1.165) is 6.42 Å². The monoisotopic (exact) mass is 845 g/mol. The number of esters is 1. The van der Waals surface area contributed by atoms with Crippen LogP contribution in [0.15, 0.2) is 24.3 Å². The predicted octanol–water partition coefficient (Wildman–Crippen LogP) is 2.12. The van der Waals surface area contributed by atoms with Crippen LogP contribution in [0.4, 0.5) is 0 Å². The number of ether oxygens (including phenoxy) is 8. The van der Waals surface area contributed by atoms with Crippen molar-refractivity contribution in [1.82, 2.24) is 9.80 Å². The zero-order valence-electron chi connectivity index (χ0n) is 37.2. The highest BCUT2D eigenvalue weighted by molar-refractivity contribution is 5.70. The third-order valence-electron chi connectivity index (χ3n) is 12.5. The Hall–Kier alpha value is -1.61. The van der Waals surface area contributed by atoms with Crippen molar-refractivity contribution in [3.05, 3.63) is 24.3 Å². The van der Waals surface area contributed by atoms with Crippen LogP contribution in [-0.4, -0.2) is 187 Å². The average molecular weight is 845 g/mol. The third kappa shape index (κ3) is 13.4. The Morgan fingerprint density at radius 1 is 0.847 bits per heavy atom. The van der Waals surface area contributed by atoms with Gasteiger partial charge in [0.1, 0.15) is 30.5 Å². The molecule has 4 aliphatic heterocycles. The second-order valence-corrected chi connectivity index (χ2v) is 17.9. The number of carbonyl (C=O) groups excluding carboxylic acids is 1. The second-order valence-electron chi connectivity index (χ2n) is 17.9. The minimum Gasteiger partial charge on any atom is -0.462 e. The van der Waals surface area contributed by atoms with Gasteiger partial charge in [-0.2, -0.15) is 0 Å². The highest BCUT2D eigenvalue weighted by atomic mass is 16.7. The number of rotatable bonds is 11.